The topological polar surface area (TPSA) is 556 Å². The first-order chi connectivity index (χ1) is 35.7. The van der Waals surface area contributed by atoms with Crippen molar-refractivity contribution in [2.75, 3.05) is 44.1 Å². The number of nitrogens with zero attached hydrogens (tertiary/aromatic N) is 10. The third kappa shape index (κ3) is 11.1. The van der Waals surface area contributed by atoms with Crippen LogP contribution in [0.25, 0.3) is 33.5 Å². The summed E-state index contributed by atoms with van der Waals surface area (Å²) in [5.74, 6) is -0.706. The van der Waals surface area contributed by atoms with Gasteiger partial charge in [-0.25, -0.2) is 33.1 Å². The summed E-state index contributed by atoms with van der Waals surface area (Å²) < 4.78 is 94.7. The molecule has 0 bridgehead atoms. The number of methoxy groups -OCH3 is 1. The van der Waals surface area contributed by atoms with Crippen molar-refractivity contribution in [1.82, 2.24) is 53.6 Å². The Labute approximate surface area is 426 Å². The molecule has 3 fully saturated rings. The molecule has 38 nitrogen and oxygen atoms in total. The van der Waals surface area contributed by atoms with Gasteiger partial charge >= 0.3 is 5.65 Å². The SMILES string of the molecule is CCn1c[n+]([C@@H]2O[C@H](COP(=O)([O-])OP(=O)([O-])OP(=O)([O-])OC[C@H]3O[C@@H](n4cnc5c(N)ncnc54)[C@H](OC)[C@@H]3OP([O-])(=S)OC[C@H]3O[C@@H](n4cnc5c(=O)[nH]c(N)nc54)[C@H](O)[C@@H]3O)[C@@H](O)[C@H]2O)c2nc(N)[nH]c(=O)c21. The lowest BCUT2D eigenvalue weighted by molar-refractivity contribution is -0.746. The second kappa shape index (κ2) is 21.1. The number of anilines is 3. The second-order valence-electron chi connectivity index (χ2n) is 16.6. The molecule has 0 amide bonds. The Morgan fingerprint density at radius 2 is 1.30 bits per heavy atom. The van der Waals surface area contributed by atoms with Crippen LogP contribution in [0.3, 0.4) is 0 Å². The van der Waals surface area contributed by atoms with Gasteiger partial charge in [0.2, 0.25) is 17.7 Å². The van der Waals surface area contributed by atoms with E-state index in [-0.39, 0.29) is 57.8 Å². The molecule has 43 heteroatoms. The lowest BCUT2D eigenvalue weighted by atomic mass is 10.1. The van der Waals surface area contributed by atoms with E-state index in [1.807, 2.05) is 0 Å². The lowest BCUT2D eigenvalue weighted by Gasteiger charge is -2.36. The van der Waals surface area contributed by atoms with E-state index in [0.717, 1.165) is 35.2 Å². The van der Waals surface area contributed by atoms with Gasteiger partial charge in [-0.1, -0.05) is 16.8 Å². The molecule has 4 unspecified atom stereocenters. The smallest absolute Gasteiger partial charge is 0.313 e. The zero-order chi connectivity index (χ0) is 55.0. The predicted octanol–water partition coefficient (Wildman–Crippen LogP) is -6.64. The summed E-state index contributed by atoms with van der Waals surface area (Å²) in [6.07, 6.45) is -15.5. The lowest BCUT2D eigenvalue weighted by Crippen LogP contribution is -2.46. The van der Waals surface area contributed by atoms with Gasteiger partial charge in [0, 0.05) is 7.11 Å². The van der Waals surface area contributed by atoms with Gasteiger partial charge < -0.3 is 94.2 Å². The minimum atomic E-state index is -6.56. The van der Waals surface area contributed by atoms with Crippen LogP contribution in [0, 0.1) is 0 Å². The number of phosphoric acid groups is 3. The molecule has 3 aliphatic rings. The minimum Gasteiger partial charge on any atom is -0.780 e. The highest BCUT2D eigenvalue weighted by atomic mass is 32.5. The van der Waals surface area contributed by atoms with E-state index in [0.29, 0.717) is 0 Å². The number of hydrogen-bond donors (Lipinski definition) is 9. The highest BCUT2D eigenvalue weighted by Crippen LogP contribution is 2.63. The van der Waals surface area contributed by atoms with Crippen LogP contribution >= 0.6 is 30.2 Å². The van der Waals surface area contributed by atoms with Crippen molar-refractivity contribution >= 4 is 93.2 Å². The molecular formula is C33H42N15O23P4S-3. The maximum absolute atomic E-state index is 13.9. The Morgan fingerprint density at radius 1 is 0.724 bits per heavy atom. The summed E-state index contributed by atoms with van der Waals surface area (Å²) in [6, 6.07) is 0. The van der Waals surface area contributed by atoms with E-state index in [1.165, 1.54) is 15.5 Å². The maximum atomic E-state index is 13.9. The molecule has 0 aliphatic carbocycles. The van der Waals surface area contributed by atoms with Crippen molar-refractivity contribution < 1.29 is 104 Å². The molecule has 0 aromatic carbocycles. The van der Waals surface area contributed by atoms with Gasteiger partial charge in [-0.15, -0.1) is 0 Å². The number of aromatic amines is 2. The number of nitrogens with one attached hydrogen (secondary N) is 2. The standard InChI is InChI=1S/C33H45N15O23P4S/c1-3-45-10-48(26-16(45)28(54)44-33(36)42-26)30-20(52)17(49)11(67-30)4-63-72(55,56)70-74(59,60)71-73(57,58)64-6-13-21(22(62-2)31(68-13)46-8-39-14-23(34)37-7-38-24(14)46)69-75(61,76)65-5-12-18(50)19(51)29(66-12)47-9-40-15-25(47)41-32(35)43-27(15)53/h7-13,17-22,29-31,49-52H,3-6H2,1-2H3,(H11-,34,35,36,37,38,41,42,43,44,53,54,55,56,57,58,59,60,61,76)/p-3/t11-,12-,13-,17-,18-,19-,20-,21-,22-,29-,30-,31-,75?/m1/s1. The number of hydrogen-bond acceptors (Lipinski definition) is 33. The Hall–Kier alpha value is -4.73. The molecule has 6 aromatic rings. The normalized spacial score (nSPS) is 30.2. The van der Waals surface area contributed by atoms with E-state index in [9.17, 15) is 63.3 Å². The van der Waals surface area contributed by atoms with Crippen LogP contribution in [0.15, 0.2) is 34.9 Å². The first-order valence-electron chi connectivity index (χ1n) is 21.7. The highest BCUT2D eigenvalue weighted by Gasteiger charge is 2.51. The van der Waals surface area contributed by atoms with Gasteiger partial charge in [0.25, 0.3) is 40.5 Å². The molecule has 416 valence electrons. The highest BCUT2D eigenvalue weighted by molar-refractivity contribution is 8.06. The van der Waals surface area contributed by atoms with Gasteiger partial charge in [-0.2, -0.15) is 4.98 Å². The number of nitrogens with two attached hydrogens (primary N) is 3. The van der Waals surface area contributed by atoms with Crippen molar-refractivity contribution in [3.05, 3.63) is 46.0 Å². The van der Waals surface area contributed by atoms with Crippen LogP contribution in [-0.2, 0) is 77.7 Å². The van der Waals surface area contributed by atoms with Gasteiger partial charge in [-0.05, 0) is 6.92 Å². The molecule has 3 saturated heterocycles. The summed E-state index contributed by atoms with van der Waals surface area (Å²) in [5.41, 5.74) is 15.5. The molecule has 0 spiro atoms. The molecule has 9 rings (SSSR count). The van der Waals surface area contributed by atoms with Crippen LogP contribution in [0.4, 0.5) is 17.7 Å². The molecular weight excluding hydrogens is 1130 g/mol. The van der Waals surface area contributed by atoms with E-state index >= 15 is 0 Å². The van der Waals surface area contributed by atoms with Crippen LogP contribution in [0.1, 0.15) is 25.6 Å². The Balaban J connectivity index is 0.862. The summed E-state index contributed by atoms with van der Waals surface area (Å²) >= 11 is 5.15. The fraction of sp³-hybridized carbons (Fsp3) is 0.545. The van der Waals surface area contributed by atoms with Gasteiger partial charge in [-0.3, -0.25) is 47.0 Å². The Morgan fingerprint density at radius 3 is 1.97 bits per heavy atom. The molecule has 3 aliphatic heterocycles. The molecule has 9 heterocycles. The van der Waals surface area contributed by atoms with Crippen molar-refractivity contribution in [3.63, 3.8) is 0 Å². The fourth-order valence-corrected chi connectivity index (χ4v) is 13.2. The number of aliphatic hydroxyl groups excluding tert-OH is 4. The van der Waals surface area contributed by atoms with E-state index < -0.39 is 135 Å². The number of imidazole rings is 3. The van der Waals surface area contributed by atoms with Crippen molar-refractivity contribution in [3.8, 4) is 0 Å². The van der Waals surface area contributed by atoms with E-state index in [1.54, 1.807) is 6.92 Å². The number of aliphatic hydroxyl groups is 4. The minimum absolute atomic E-state index is 0.00563. The van der Waals surface area contributed by atoms with Crippen molar-refractivity contribution in [2.24, 2.45) is 0 Å². The van der Waals surface area contributed by atoms with E-state index in [4.69, 9.17) is 61.5 Å². The average molecular weight is 1170 g/mol. The first kappa shape index (κ1) is 56.0. The molecule has 12 N–H and O–H groups in total. The van der Waals surface area contributed by atoms with Crippen LogP contribution in [0.5, 0.6) is 0 Å². The Bertz CT molecular complexity index is 3490. The third-order valence-electron chi connectivity index (χ3n) is 11.8. The van der Waals surface area contributed by atoms with Crippen LogP contribution < -0.4 is 52.5 Å². The molecule has 6 aromatic heterocycles. The van der Waals surface area contributed by atoms with Crippen LogP contribution in [0.2, 0.25) is 0 Å². The second-order valence-corrected chi connectivity index (χ2v) is 23.8. The van der Waals surface area contributed by atoms with Gasteiger partial charge in [0.1, 0.15) is 73.5 Å². The molecule has 0 saturated carbocycles. The number of ether oxygens (including phenoxy) is 4. The number of H-pyrrole nitrogens is 2. The summed E-state index contributed by atoms with van der Waals surface area (Å²) in [7, 11) is -17.9. The third-order valence-corrected chi connectivity index (χ3v) is 17.4. The monoisotopic (exact) mass is 1170 g/mol. The number of aromatic nitrogens is 12. The maximum Gasteiger partial charge on any atom is 0.313 e. The fourth-order valence-electron chi connectivity index (χ4n) is 8.40. The summed E-state index contributed by atoms with van der Waals surface area (Å²) in [4.78, 5) is 106. The zero-order valence-electron chi connectivity index (χ0n) is 38.5. The van der Waals surface area contributed by atoms with E-state index in [2.05, 4.69) is 53.0 Å². The molecule has 0 radical (unpaired) electrons. The number of nitrogen functional groups attached to an aromatic ring is 3. The van der Waals surface area contributed by atoms with Gasteiger partial charge in [0.05, 0.1) is 39.0 Å². The number of phosphoric ester groups is 2. The zero-order valence-corrected chi connectivity index (χ0v) is 42.9. The van der Waals surface area contributed by atoms with Crippen molar-refractivity contribution in [2.45, 2.75) is 87.1 Å². The quantitative estimate of drug-likeness (QED) is 0.0253. The number of fused-ring (bicyclic) bond motifs is 3. The molecule has 16 atom stereocenters. The number of aryl methyl sites for hydroxylation is 1. The average Bonchev–Trinajstić information content (AvgIpc) is 4.19. The Kier molecular flexibility index (Phi) is 15.6. The largest absolute Gasteiger partial charge is 0.780 e. The van der Waals surface area contributed by atoms with Crippen LogP contribution in [-0.4, -0.2) is 156 Å². The van der Waals surface area contributed by atoms with Gasteiger partial charge in [0.15, 0.2) is 41.4 Å². The predicted molar refractivity (Wildman–Crippen MR) is 241 cm³/mol. The van der Waals surface area contributed by atoms with Crippen molar-refractivity contribution in [1.29, 1.82) is 0 Å². The summed E-state index contributed by atoms with van der Waals surface area (Å²) in [6.45, 7) is -6.43. The summed E-state index contributed by atoms with van der Waals surface area (Å²) in [5, 5.41) is 43.3. The number of rotatable bonds is 20. The molecule has 76 heavy (non-hydrogen) atoms. The first-order valence-corrected chi connectivity index (χ1v) is 28.6.